The average Bonchev–Trinajstić information content (AvgIpc) is 3.13. The molecule has 27 heavy (non-hydrogen) atoms. The molecule has 1 N–H and O–H groups in total. The minimum Gasteiger partial charge on any atom is -0.494 e. The highest BCUT2D eigenvalue weighted by atomic mass is 32.2. The van der Waals surface area contributed by atoms with Crippen LogP contribution in [0.5, 0.6) is 5.75 Å². The minimum atomic E-state index is -3.48. The monoisotopic (exact) mass is 385 g/mol. The third-order valence-electron chi connectivity index (χ3n) is 5.02. The summed E-state index contributed by atoms with van der Waals surface area (Å²) in [6.07, 6.45) is 1.52. The summed E-state index contributed by atoms with van der Waals surface area (Å²) in [7, 11) is -3.48. The van der Waals surface area contributed by atoms with Crippen LogP contribution in [0.15, 0.2) is 53.4 Å². The van der Waals surface area contributed by atoms with Crippen LogP contribution < -0.4 is 4.74 Å². The number of ether oxygens (including phenoxy) is 1. The van der Waals surface area contributed by atoms with Gasteiger partial charge < -0.3 is 9.72 Å². The van der Waals surface area contributed by atoms with Crippen LogP contribution in [-0.4, -0.2) is 42.4 Å². The number of aromatic nitrogens is 2. The number of imidazole rings is 1. The molecular weight excluding hydrogens is 362 g/mol. The van der Waals surface area contributed by atoms with Crippen molar-refractivity contribution in [3.8, 4) is 5.75 Å². The molecule has 0 bridgehead atoms. The van der Waals surface area contributed by atoms with Crippen molar-refractivity contribution in [1.29, 1.82) is 0 Å². The lowest BCUT2D eigenvalue weighted by atomic mass is 9.97. The molecule has 1 aromatic heterocycles. The second kappa shape index (κ2) is 7.32. The molecule has 0 radical (unpaired) electrons. The highest BCUT2D eigenvalue weighted by Gasteiger charge is 2.31. The molecule has 0 atom stereocenters. The first-order valence-electron chi connectivity index (χ1n) is 9.25. The summed E-state index contributed by atoms with van der Waals surface area (Å²) in [6, 6.07) is 14.6. The molecule has 4 rings (SSSR count). The summed E-state index contributed by atoms with van der Waals surface area (Å²) in [5, 5.41) is 0. The van der Waals surface area contributed by atoms with Gasteiger partial charge in [-0.15, -0.1) is 0 Å². The number of piperidine rings is 1. The molecule has 7 heteroatoms. The number of rotatable bonds is 5. The summed E-state index contributed by atoms with van der Waals surface area (Å²) in [5.41, 5.74) is 1.98. The van der Waals surface area contributed by atoms with Gasteiger partial charge in [0.05, 0.1) is 22.5 Å². The fraction of sp³-hybridized carbons (Fsp3) is 0.350. The molecule has 2 aromatic carbocycles. The van der Waals surface area contributed by atoms with Crippen molar-refractivity contribution >= 4 is 21.1 Å². The SMILES string of the molecule is CCOc1ccc(S(=O)(=O)N2CCC(c3nc4ccccc4[nH]3)CC2)cc1. The normalized spacial score (nSPS) is 16.6. The van der Waals surface area contributed by atoms with Crippen LogP contribution in [0.25, 0.3) is 11.0 Å². The van der Waals surface area contributed by atoms with Crippen LogP contribution >= 0.6 is 0 Å². The Labute approximate surface area is 159 Å². The highest BCUT2D eigenvalue weighted by molar-refractivity contribution is 7.89. The first-order valence-corrected chi connectivity index (χ1v) is 10.7. The summed E-state index contributed by atoms with van der Waals surface area (Å²) in [4.78, 5) is 8.36. The first-order chi connectivity index (χ1) is 13.1. The van der Waals surface area contributed by atoms with Crippen molar-refractivity contribution in [3.05, 3.63) is 54.4 Å². The number of fused-ring (bicyclic) bond motifs is 1. The van der Waals surface area contributed by atoms with Crippen molar-refractivity contribution in [2.75, 3.05) is 19.7 Å². The highest BCUT2D eigenvalue weighted by Crippen LogP contribution is 2.30. The lowest BCUT2D eigenvalue weighted by Gasteiger charge is -2.30. The van der Waals surface area contributed by atoms with E-state index < -0.39 is 10.0 Å². The third kappa shape index (κ3) is 3.57. The number of hydrogen-bond acceptors (Lipinski definition) is 4. The number of benzene rings is 2. The van der Waals surface area contributed by atoms with Gasteiger partial charge in [0, 0.05) is 19.0 Å². The molecular formula is C20H23N3O3S. The summed E-state index contributed by atoms with van der Waals surface area (Å²) < 4.78 is 32.8. The first kappa shape index (κ1) is 18.0. The van der Waals surface area contributed by atoms with Crippen molar-refractivity contribution in [1.82, 2.24) is 14.3 Å². The maximum atomic E-state index is 12.9. The van der Waals surface area contributed by atoms with E-state index >= 15 is 0 Å². The Morgan fingerprint density at radius 1 is 1.11 bits per heavy atom. The molecule has 0 amide bonds. The predicted octanol–water partition coefficient (Wildman–Crippen LogP) is 3.53. The maximum absolute atomic E-state index is 12.9. The summed E-state index contributed by atoms with van der Waals surface area (Å²) in [5.74, 6) is 1.89. The van der Waals surface area contributed by atoms with Crippen LogP contribution in [0.3, 0.4) is 0 Å². The zero-order valence-corrected chi connectivity index (χ0v) is 16.1. The topological polar surface area (TPSA) is 75.3 Å². The minimum absolute atomic E-state index is 0.254. The predicted molar refractivity (Wildman–Crippen MR) is 104 cm³/mol. The van der Waals surface area contributed by atoms with Gasteiger partial charge >= 0.3 is 0 Å². The van der Waals surface area contributed by atoms with Crippen molar-refractivity contribution in [2.24, 2.45) is 0 Å². The molecule has 1 saturated heterocycles. The zero-order chi connectivity index (χ0) is 18.9. The standard InChI is InChI=1S/C20H23N3O3S/c1-2-26-16-7-9-17(10-8-16)27(24,25)23-13-11-15(12-14-23)20-21-18-5-3-4-6-19(18)22-20/h3-10,15H,2,11-14H2,1H3,(H,21,22). The molecule has 1 fully saturated rings. The molecule has 1 aliphatic rings. The van der Waals surface area contributed by atoms with E-state index in [1.54, 1.807) is 28.6 Å². The molecule has 6 nitrogen and oxygen atoms in total. The molecule has 0 aliphatic carbocycles. The second-order valence-electron chi connectivity index (χ2n) is 6.72. The number of para-hydroxylation sites is 2. The number of sulfonamides is 1. The summed E-state index contributed by atoms with van der Waals surface area (Å²) >= 11 is 0. The zero-order valence-electron chi connectivity index (χ0n) is 15.3. The Hall–Kier alpha value is -2.38. The Kier molecular flexibility index (Phi) is 4.88. The van der Waals surface area contributed by atoms with Gasteiger partial charge in [0.2, 0.25) is 10.0 Å². The van der Waals surface area contributed by atoms with Gasteiger partial charge in [-0.05, 0) is 56.2 Å². The lowest BCUT2D eigenvalue weighted by Crippen LogP contribution is -2.38. The lowest BCUT2D eigenvalue weighted by molar-refractivity contribution is 0.314. The Morgan fingerprint density at radius 2 is 1.81 bits per heavy atom. The summed E-state index contributed by atoms with van der Waals surface area (Å²) in [6.45, 7) is 3.45. The van der Waals surface area contributed by atoms with Crippen LogP contribution in [-0.2, 0) is 10.0 Å². The van der Waals surface area contributed by atoms with Crippen LogP contribution in [0.2, 0.25) is 0 Å². The largest absolute Gasteiger partial charge is 0.494 e. The van der Waals surface area contributed by atoms with E-state index in [2.05, 4.69) is 9.97 Å². The molecule has 1 aliphatic heterocycles. The third-order valence-corrected chi connectivity index (χ3v) is 6.93. The molecule has 0 unspecified atom stereocenters. The molecule has 3 aromatic rings. The molecule has 0 spiro atoms. The van der Waals surface area contributed by atoms with Gasteiger partial charge in [-0.25, -0.2) is 13.4 Å². The van der Waals surface area contributed by atoms with E-state index in [0.29, 0.717) is 30.3 Å². The maximum Gasteiger partial charge on any atom is 0.243 e. The van der Waals surface area contributed by atoms with E-state index in [1.165, 1.54) is 0 Å². The van der Waals surface area contributed by atoms with E-state index in [4.69, 9.17) is 4.74 Å². The van der Waals surface area contributed by atoms with Gasteiger partial charge in [0.25, 0.3) is 0 Å². The molecule has 0 saturated carbocycles. The quantitative estimate of drug-likeness (QED) is 0.729. The van der Waals surface area contributed by atoms with E-state index in [0.717, 1.165) is 29.7 Å². The number of nitrogens with one attached hydrogen (secondary N) is 1. The van der Waals surface area contributed by atoms with Crippen molar-refractivity contribution in [2.45, 2.75) is 30.6 Å². The van der Waals surface area contributed by atoms with Crippen LogP contribution in [0.4, 0.5) is 0 Å². The number of hydrogen-bond donors (Lipinski definition) is 1. The van der Waals surface area contributed by atoms with E-state index in [9.17, 15) is 8.42 Å². The molecule has 142 valence electrons. The van der Waals surface area contributed by atoms with Crippen molar-refractivity contribution in [3.63, 3.8) is 0 Å². The van der Waals surface area contributed by atoms with E-state index in [-0.39, 0.29) is 5.92 Å². The van der Waals surface area contributed by atoms with Crippen molar-refractivity contribution < 1.29 is 13.2 Å². The smallest absolute Gasteiger partial charge is 0.243 e. The van der Waals surface area contributed by atoms with Gasteiger partial charge in [0.1, 0.15) is 11.6 Å². The van der Waals surface area contributed by atoms with Crippen LogP contribution in [0, 0.1) is 0 Å². The average molecular weight is 385 g/mol. The van der Waals surface area contributed by atoms with Gasteiger partial charge in [-0.3, -0.25) is 0 Å². The number of aromatic amines is 1. The second-order valence-corrected chi connectivity index (χ2v) is 8.66. The Morgan fingerprint density at radius 3 is 2.48 bits per heavy atom. The fourth-order valence-corrected chi connectivity index (χ4v) is 5.03. The van der Waals surface area contributed by atoms with Gasteiger partial charge in [-0.2, -0.15) is 4.31 Å². The van der Waals surface area contributed by atoms with E-state index in [1.807, 2.05) is 31.2 Å². The molecule has 2 heterocycles. The number of H-pyrrole nitrogens is 1. The Bertz CT molecular complexity index is 987. The van der Waals surface area contributed by atoms with Gasteiger partial charge in [-0.1, -0.05) is 12.1 Å². The number of nitrogens with zero attached hydrogens (tertiary/aromatic N) is 2. The van der Waals surface area contributed by atoms with Gasteiger partial charge in [0.15, 0.2) is 0 Å². The Balaban J connectivity index is 1.46. The fourth-order valence-electron chi connectivity index (χ4n) is 3.56. The van der Waals surface area contributed by atoms with Crippen LogP contribution in [0.1, 0.15) is 31.5 Å².